The van der Waals surface area contributed by atoms with Crippen molar-refractivity contribution in [2.45, 2.75) is 10.3 Å². The van der Waals surface area contributed by atoms with Gasteiger partial charge in [-0.1, -0.05) is 53.4 Å². The SMILES string of the molecule is O=C(O)C(CSc1nncs1)c1ccccc1. The molecule has 4 nitrogen and oxygen atoms in total. The van der Waals surface area contributed by atoms with Crippen molar-refractivity contribution in [1.29, 1.82) is 0 Å². The summed E-state index contributed by atoms with van der Waals surface area (Å²) in [5.41, 5.74) is 2.46. The first-order valence-electron chi connectivity index (χ1n) is 4.94. The highest BCUT2D eigenvalue weighted by Crippen LogP contribution is 2.27. The molecule has 1 aromatic carbocycles. The highest BCUT2D eigenvalue weighted by Gasteiger charge is 2.20. The number of thioether (sulfide) groups is 1. The summed E-state index contributed by atoms with van der Waals surface area (Å²) in [4.78, 5) is 11.2. The van der Waals surface area contributed by atoms with E-state index in [2.05, 4.69) is 10.2 Å². The molecule has 0 radical (unpaired) electrons. The standard InChI is InChI=1S/C11H10N2O2S2/c14-10(15)9(8-4-2-1-3-5-8)6-16-11-13-12-7-17-11/h1-5,7,9H,6H2,(H,14,15). The van der Waals surface area contributed by atoms with Gasteiger partial charge in [-0.05, 0) is 5.56 Å². The van der Waals surface area contributed by atoms with E-state index in [0.717, 1.165) is 9.90 Å². The zero-order chi connectivity index (χ0) is 12.1. The Labute approximate surface area is 107 Å². The van der Waals surface area contributed by atoms with Crippen LogP contribution in [0.4, 0.5) is 0 Å². The smallest absolute Gasteiger partial charge is 0.311 e. The van der Waals surface area contributed by atoms with Crippen molar-refractivity contribution in [3.8, 4) is 0 Å². The molecule has 0 bridgehead atoms. The number of carboxylic acid groups (broad SMARTS) is 1. The normalized spacial score (nSPS) is 12.2. The van der Waals surface area contributed by atoms with Gasteiger partial charge >= 0.3 is 5.97 Å². The molecule has 1 heterocycles. The summed E-state index contributed by atoms with van der Waals surface area (Å²) >= 11 is 2.84. The molecular formula is C11H10N2O2S2. The first-order chi connectivity index (χ1) is 8.27. The summed E-state index contributed by atoms with van der Waals surface area (Å²) in [7, 11) is 0. The van der Waals surface area contributed by atoms with Crippen LogP contribution in [0.3, 0.4) is 0 Å². The Morgan fingerprint density at radius 2 is 2.18 bits per heavy atom. The molecule has 0 saturated carbocycles. The van der Waals surface area contributed by atoms with Crippen LogP contribution in [0.25, 0.3) is 0 Å². The number of aromatic nitrogens is 2. The molecule has 0 amide bonds. The fraction of sp³-hybridized carbons (Fsp3) is 0.182. The van der Waals surface area contributed by atoms with Gasteiger partial charge in [0, 0.05) is 5.75 Å². The van der Waals surface area contributed by atoms with Gasteiger partial charge in [-0.2, -0.15) is 0 Å². The first kappa shape index (κ1) is 12.1. The van der Waals surface area contributed by atoms with E-state index in [9.17, 15) is 9.90 Å². The van der Waals surface area contributed by atoms with Crippen LogP contribution in [0.1, 0.15) is 11.5 Å². The lowest BCUT2D eigenvalue weighted by atomic mass is 10.0. The first-order valence-corrected chi connectivity index (χ1v) is 6.80. The predicted octanol–water partition coefficient (Wildman–Crippen LogP) is 2.50. The fourth-order valence-electron chi connectivity index (χ4n) is 1.38. The third-order valence-corrected chi connectivity index (χ3v) is 4.17. The molecule has 1 N–H and O–H groups in total. The minimum Gasteiger partial charge on any atom is -0.481 e. The Hall–Kier alpha value is -1.40. The molecule has 1 aromatic heterocycles. The average Bonchev–Trinajstić information content (AvgIpc) is 2.83. The Morgan fingerprint density at radius 3 is 2.76 bits per heavy atom. The number of hydrogen-bond acceptors (Lipinski definition) is 5. The number of aliphatic carboxylic acids is 1. The summed E-state index contributed by atoms with van der Waals surface area (Å²) in [5.74, 6) is -0.854. The van der Waals surface area contributed by atoms with Crippen molar-refractivity contribution in [3.63, 3.8) is 0 Å². The van der Waals surface area contributed by atoms with Gasteiger partial charge < -0.3 is 5.11 Å². The lowest BCUT2D eigenvalue weighted by Crippen LogP contribution is -2.13. The second-order valence-corrected chi connectivity index (χ2v) is 5.42. The molecular weight excluding hydrogens is 256 g/mol. The van der Waals surface area contributed by atoms with Crippen LogP contribution in [0.5, 0.6) is 0 Å². The summed E-state index contributed by atoms with van der Waals surface area (Å²) < 4.78 is 0.798. The van der Waals surface area contributed by atoms with E-state index in [4.69, 9.17) is 0 Å². The molecule has 0 saturated heterocycles. The van der Waals surface area contributed by atoms with Crippen molar-refractivity contribution in [2.75, 3.05) is 5.75 Å². The summed E-state index contributed by atoms with van der Waals surface area (Å²) in [6.45, 7) is 0. The van der Waals surface area contributed by atoms with Crippen LogP contribution in [0.2, 0.25) is 0 Å². The van der Waals surface area contributed by atoms with E-state index in [1.54, 1.807) is 5.51 Å². The Balaban J connectivity index is 2.06. The molecule has 0 aliphatic rings. The maximum atomic E-state index is 11.2. The van der Waals surface area contributed by atoms with Crippen LogP contribution < -0.4 is 0 Å². The second kappa shape index (κ2) is 5.79. The van der Waals surface area contributed by atoms with Crippen molar-refractivity contribution in [1.82, 2.24) is 10.2 Å². The maximum Gasteiger partial charge on any atom is 0.311 e. The van der Waals surface area contributed by atoms with Crippen molar-refractivity contribution in [3.05, 3.63) is 41.4 Å². The molecule has 0 aliphatic heterocycles. The van der Waals surface area contributed by atoms with Gasteiger partial charge in [-0.15, -0.1) is 10.2 Å². The third kappa shape index (κ3) is 3.28. The molecule has 1 unspecified atom stereocenters. The minimum absolute atomic E-state index is 0.467. The molecule has 1 atom stereocenters. The molecule has 88 valence electrons. The van der Waals surface area contributed by atoms with E-state index in [1.807, 2.05) is 30.3 Å². The molecule has 0 aliphatic carbocycles. The van der Waals surface area contributed by atoms with Gasteiger partial charge in [0.15, 0.2) is 4.34 Å². The maximum absolute atomic E-state index is 11.2. The van der Waals surface area contributed by atoms with Crippen LogP contribution in [-0.4, -0.2) is 27.0 Å². The molecule has 0 fully saturated rings. The largest absolute Gasteiger partial charge is 0.481 e. The predicted molar refractivity (Wildman–Crippen MR) is 67.5 cm³/mol. The van der Waals surface area contributed by atoms with Crippen LogP contribution in [0.15, 0.2) is 40.2 Å². The number of rotatable bonds is 5. The lowest BCUT2D eigenvalue weighted by Gasteiger charge is -2.10. The lowest BCUT2D eigenvalue weighted by molar-refractivity contribution is -0.138. The second-order valence-electron chi connectivity index (χ2n) is 3.32. The van der Waals surface area contributed by atoms with Gasteiger partial charge in [-0.25, -0.2) is 0 Å². The number of nitrogens with zero attached hydrogens (tertiary/aromatic N) is 2. The Morgan fingerprint density at radius 1 is 1.41 bits per heavy atom. The summed E-state index contributed by atoms with van der Waals surface area (Å²) in [6, 6.07) is 9.24. The van der Waals surface area contributed by atoms with Crippen molar-refractivity contribution < 1.29 is 9.90 Å². The number of benzene rings is 1. The van der Waals surface area contributed by atoms with E-state index < -0.39 is 11.9 Å². The quantitative estimate of drug-likeness (QED) is 0.842. The fourth-order valence-corrected chi connectivity index (χ4v) is 3.01. The Kier molecular flexibility index (Phi) is 4.11. The van der Waals surface area contributed by atoms with Gasteiger partial charge in [0.05, 0.1) is 5.92 Å². The van der Waals surface area contributed by atoms with E-state index in [1.165, 1.54) is 23.1 Å². The zero-order valence-corrected chi connectivity index (χ0v) is 10.4. The Bertz CT molecular complexity index is 473. The van der Waals surface area contributed by atoms with E-state index in [0.29, 0.717) is 5.75 Å². The van der Waals surface area contributed by atoms with Crippen LogP contribution in [-0.2, 0) is 4.79 Å². The summed E-state index contributed by atoms with van der Waals surface area (Å²) in [5, 5.41) is 16.8. The number of hydrogen-bond donors (Lipinski definition) is 1. The number of carbonyl (C=O) groups is 1. The van der Waals surface area contributed by atoms with E-state index in [-0.39, 0.29) is 0 Å². The summed E-state index contributed by atoms with van der Waals surface area (Å²) in [6.07, 6.45) is 0. The molecule has 17 heavy (non-hydrogen) atoms. The van der Waals surface area contributed by atoms with Gasteiger partial charge in [0.25, 0.3) is 0 Å². The molecule has 0 spiro atoms. The van der Waals surface area contributed by atoms with Crippen molar-refractivity contribution in [2.24, 2.45) is 0 Å². The average molecular weight is 266 g/mol. The van der Waals surface area contributed by atoms with Gasteiger partial charge in [0.2, 0.25) is 0 Å². The molecule has 2 aromatic rings. The monoisotopic (exact) mass is 266 g/mol. The van der Waals surface area contributed by atoms with Crippen molar-refractivity contribution >= 4 is 29.1 Å². The highest BCUT2D eigenvalue weighted by atomic mass is 32.2. The van der Waals surface area contributed by atoms with Gasteiger partial charge in [0.1, 0.15) is 5.51 Å². The highest BCUT2D eigenvalue weighted by molar-refractivity contribution is 8.01. The minimum atomic E-state index is -0.812. The number of carboxylic acids is 1. The third-order valence-electron chi connectivity index (χ3n) is 2.21. The molecule has 6 heteroatoms. The zero-order valence-electron chi connectivity index (χ0n) is 8.81. The van der Waals surface area contributed by atoms with E-state index >= 15 is 0 Å². The molecule has 2 rings (SSSR count). The van der Waals surface area contributed by atoms with Crippen LogP contribution >= 0.6 is 23.1 Å². The van der Waals surface area contributed by atoms with Gasteiger partial charge in [-0.3, -0.25) is 4.79 Å². The van der Waals surface area contributed by atoms with Crippen LogP contribution in [0, 0.1) is 0 Å². The topological polar surface area (TPSA) is 63.1 Å².